The Balaban J connectivity index is 3.35. The van der Waals surface area contributed by atoms with Gasteiger partial charge in [0.15, 0.2) is 14.6 Å². The normalized spacial score (nSPS) is 12.1. The molecule has 0 amide bonds. The molecule has 0 radical (unpaired) electrons. The second kappa shape index (κ2) is 6.40. The highest BCUT2D eigenvalue weighted by atomic mass is 35.5. The van der Waals surface area contributed by atoms with Crippen LogP contribution in [0.5, 0.6) is 0 Å². The summed E-state index contributed by atoms with van der Waals surface area (Å²) >= 11 is 5.77. The van der Waals surface area contributed by atoms with Crippen molar-refractivity contribution in [2.24, 2.45) is 0 Å². The highest BCUT2D eigenvalue weighted by Gasteiger charge is 2.43. The lowest BCUT2D eigenvalue weighted by atomic mass is 9.99. The van der Waals surface area contributed by atoms with Crippen LogP contribution in [-0.4, -0.2) is 13.2 Å². The lowest BCUT2D eigenvalue weighted by molar-refractivity contribution is 0.509. The van der Waals surface area contributed by atoms with Crippen LogP contribution in [0.25, 0.3) is 0 Å². The lowest BCUT2D eigenvalue weighted by Crippen LogP contribution is -2.37. The molecule has 0 saturated heterocycles. The third-order valence-electron chi connectivity index (χ3n) is 3.15. The van der Waals surface area contributed by atoms with E-state index in [9.17, 15) is 13.7 Å². The molecule has 0 aliphatic carbocycles. The Morgan fingerprint density at radius 3 is 2.00 bits per heavy atom. The van der Waals surface area contributed by atoms with Gasteiger partial charge in [-0.1, -0.05) is 38.3 Å². The second-order valence-corrected chi connectivity index (χ2v) is 7.26. The van der Waals surface area contributed by atoms with E-state index in [0.717, 1.165) is 0 Å². The van der Waals surface area contributed by atoms with Crippen LogP contribution in [0, 0.1) is 11.3 Å². The van der Waals surface area contributed by atoms with E-state index in [1.54, 1.807) is 0 Å². The van der Waals surface area contributed by atoms with Gasteiger partial charge in [-0.3, -0.25) is 0 Å². The summed E-state index contributed by atoms with van der Waals surface area (Å²) in [5.41, 5.74) is 0. The van der Waals surface area contributed by atoms with Crippen LogP contribution in [0.1, 0.15) is 39.5 Å². The average molecular weight is 300 g/mol. The average Bonchev–Trinajstić information content (AvgIpc) is 2.38. The summed E-state index contributed by atoms with van der Waals surface area (Å²) in [6.07, 6.45) is 2.01. The van der Waals surface area contributed by atoms with Crippen molar-refractivity contribution in [3.8, 4) is 6.07 Å². The van der Waals surface area contributed by atoms with E-state index in [1.165, 1.54) is 24.3 Å². The summed E-state index contributed by atoms with van der Waals surface area (Å²) in [6.45, 7) is 3.78. The van der Waals surface area contributed by atoms with Crippen LogP contribution >= 0.6 is 11.6 Å². The number of benzene rings is 1. The zero-order valence-corrected chi connectivity index (χ0v) is 12.8. The molecule has 19 heavy (non-hydrogen) atoms. The minimum atomic E-state index is -3.67. The number of hydrogen-bond donors (Lipinski definition) is 0. The van der Waals surface area contributed by atoms with E-state index in [0.29, 0.717) is 30.7 Å². The Bertz CT molecular complexity index is 552. The summed E-state index contributed by atoms with van der Waals surface area (Å²) in [4.78, 5) is 0.167. The van der Waals surface area contributed by atoms with Gasteiger partial charge < -0.3 is 0 Å². The van der Waals surface area contributed by atoms with Gasteiger partial charge in [-0.15, -0.1) is 0 Å². The molecule has 5 heteroatoms. The van der Waals surface area contributed by atoms with Gasteiger partial charge in [0.2, 0.25) is 0 Å². The number of nitriles is 1. The molecule has 0 atom stereocenters. The van der Waals surface area contributed by atoms with Crippen molar-refractivity contribution < 1.29 is 8.42 Å². The van der Waals surface area contributed by atoms with Gasteiger partial charge in [0.25, 0.3) is 0 Å². The summed E-state index contributed by atoms with van der Waals surface area (Å²) in [6, 6.07) is 8.06. The number of sulfone groups is 1. The summed E-state index contributed by atoms with van der Waals surface area (Å²) in [5, 5.41) is 9.91. The molecule has 0 fully saturated rings. The van der Waals surface area contributed by atoms with Crippen LogP contribution in [0.4, 0.5) is 0 Å². The monoisotopic (exact) mass is 299 g/mol. The van der Waals surface area contributed by atoms with Crippen LogP contribution in [0.15, 0.2) is 29.2 Å². The molecular weight excluding hydrogens is 282 g/mol. The lowest BCUT2D eigenvalue weighted by Gasteiger charge is -2.25. The van der Waals surface area contributed by atoms with E-state index in [1.807, 2.05) is 19.9 Å². The molecule has 1 aromatic carbocycles. The van der Waals surface area contributed by atoms with E-state index in [4.69, 9.17) is 11.6 Å². The van der Waals surface area contributed by atoms with Gasteiger partial charge in [-0.05, 0) is 37.1 Å². The van der Waals surface area contributed by atoms with E-state index in [-0.39, 0.29) is 4.90 Å². The second-order valence-electron chi connectivity index (χ2n) is 4.56. The van der Waals surface area contributed by atoms with Gasteiger partial charge in [0.1, 0.15) is 0 Å². The predicted octanol–water partition coefficient (Wildman–Crippen LogP) is 3.98. The zero-order chi connectivity index (χ0) is 14.5. The topological polar surface area (TPSA) is 57.9 Å². The molecule has 3 nitrogen and oxygen atoms in total. The summed E-state index contributed by atoms with van der Waals surface area (Å²) in [5.74, 6) is 0. The highest BCUT2D eigenvalue weighted by Crippen LogP contribution is 2.34. The molecule has 0 bridgehead atoms. The zero-order valence-electron chi connectivity index (χ0n) is 11.2. The first-order chi connectivity index (χ1) is 8.93. The first kappa shape index (κ1) is 16.0. The highest BCUT2D eigenvalue weighted by molar-refractivity contribution is 7.93. The van der Waals surface area contributed by atoms with Crippen LogP contribution < -0.4 is 0 Å². The maximum Gasteiger partial charge on any atom is 0.197 e. The van der Waals surface area contributed by atoms with E-state index in [2.05, 4.69) is 0 Å². The third kappa shape index (κ3) is 3.10. The molecule has 0 saturated carbocycles. The smallest absolute Gasteiger partial charge is 0.197 e. The molecule has 0 unspecified atom stereocenters. The molecule has 0 spiro atoms. The Hall–Kier alpha value is -1.05. The molecule has 0 aliphatic rings. The molecule has 1 aromatic rings. The molecule has 0 aromatic heterocycles. The molecule has 0 heterocycles. The van der Waals surface area contributed by atoms with Crippen molar-refractivity contribution in [2.75, 3.05) is 0 Å². The number of nitrogens with zero attached hydrogens (tertiary/aromatic N) is 1. The van der Waals surface area contributed by atoms with Gasteiger partial charge in [0, 0.05) is 5.02 Å². The van der Waals surface area contributed by atoms with Gasteiger partial charge in [-0.25, -0.2) is 8.42 Å². The fraction of sp³-hybridized carbons (Fsp3) is 0.500. The fourth-order valence-electron chi connectivity index (χ4n) is 2.21. The van der Waals surface area contributed by atoms with Crippen LogP contribution in [-0.2, 0) is 9.84 Å². The van der Waals surface area contributed by atoms with Crippen molar-refractivity contribution in [1.82, 2.24) is 0 Å². The van der Waals surface area contributed by atoms with E-state index >= 15 is 0 Å². The van der Waals surface area contributed by atoms with Crippen LogP contribution in [0.3, 0.4) is 0 Å². The SMILES string of the molecule is CCCC(C#N)(CCC)S(=O)(=O)c1ccc(Cl)cc1. The number of hydrogen-bond acceptors (Lipinski definition) is 3. The van der Waals surface area contributed by atoms with Crippen molar-refractivity contribution in [1.29, 1.82) is 5.26 Å². The minimum Gasteiger partial charge on any atom is -0.222 e. The van der Waals surface area contributed by atoms with Crippen LogP contribution in [0.2, 0.25) is 5.02 Å². The van der Waals surface area contributed by atoms with Gasteiger partial charge in [0.05, 0.1) is 11.0 Å². The van der Waals surface area contributed by atoms with Crippen molar-refractivity contribution >= 4 is 21.4 Å². The third-order valence-corrected chi connectivity index (χ3v) is 5.82. The largest absolute Gasteiger partial charge is 0.222 e. The standard InChI is InChI=1S/C14H18ClNO2S/c1-3-9-14(11-16,10-4-2)19(17,18)13-7-5-12(15)6-8-13/h5-8H,3-4,9-10H2,1-2H3. The maximum atomic E-state index is 12.7. The molecular formula is C14H18ClNO2S. The number of halogens is 1. The van der Waals surface area contributed by atoms with E-state index < -0.39 is 14.6 Å². The van der Waals surface area contributed by atoms with Gasteiger partial charge in [-0.2, -0.15) is 5.26 Å². The molecule has 0 N–H and O–H groups in total. The van der Waals surface area contributed by atoms with Crippen molar-refractivity contribution in [3.63, 3.8) is 0 Å². The Morgan fingerprint density at radius 2 is 1.63 bits per heavy atom. The maximum absolute atomic E-state index is 12.7. The number of rotatable bonds is 6. The first-order valence-corrected chi connectivity index (χ1v) is 8.21. The van der Waals surface area contributed by atoms with Crippen molar-refractivity contribution in [3.05, 3.63) is 29.3 Å². The summed E-state index contributed by atoms with van der Waals surface area (Å²) in [7, 11) is -3.67. The quantitative estimate of drug-likeness (QED) is 0.798. The van der Waals surface area contributed by atoms with Crippen molar-refractivity contribution in [2.45, 2.75) is 49.2 Å². The predicted molar refractivity (Wildman–Crippen MR) is 76.8 cm³/mol. The Labute approximate surface area is 120 Å². The first-order valence-electron chi connectivity index (χ1n) is 6.35. The molecule has 104 valence electrons. The Morgan fingerprint density at radius 1 is 1.16 bits per heavy atom. The fourth-order valence-corrected chi connectivity index (χ4v) is 4.35. The summed E-state index contributed by atoms with van der Waals surface area (Å²) < 4.78 is 24.1. The molecule has 0 aliphatic heterocycles. The molecule has 1 rings (SSSR count). The van der Waals surface area contributed by atoms with Gasteiger partial charge >= 0.3 is 0 Å². The Kier molecular flexibility index (Phi) is 5.39. The minimum absolute atomic E-state index is 0.167.